The third-order valence-electron chi connectivity index (χ3n) is 6.70. The van der Waals surface area contributed by atoms with E-state index in [4.69, 9.17) is 0 Å². The van der Waals surface area contributed by atoms with Gasteiger partial charge in [0.05, 0.1) is 18.1 Å². The van der Waals surface area contributed by atoms with Gasteiger partial charge in [0.15, 0.2) is 9.84 Å². The van der Waals surface area contributed by atoms with Crippen molar-refractivity contribution in [1.29, 1.82) is 0 Å². The van der Waals surface area contributed by atoms with Gasteiger partial charge in [0.25, 0.3) is 0 Å². The van der Waals surface area contributed by atoms with Gasteiger partial charge < -0.3 is 4.90 Å². The zero-order chi connectivity index (χ0) is 22.6. The average Bonchev–Trinajstić information content (AvgIpc) is 3.50. The highest BCUT2D eigenvalue weighted by molar-refractivity contribution is 7.91. The molecule has 1 aliphatic carbocycles. The van der Waals surface area contributed by atoms with Gasteiger partial charge in [0.1, 0.15) is 0 Å². The molecule has 7 heteroatoms. The highest BCUT2D eigenvalue weighted by Gasteiger charge is 2.39. The van der Waals surface area contributed by atoms with Crippen molar-refractivity contribution < 1.29 is 13.2 Å². The molecule has 1 amide bonds. The minimum atomic E-state index is -3.03. The minimum absolute atomic E-state index is 0.0975. The monoisotopic (exact) mass is 474 g/mol. The Morgan fingerprint density at radius 3 is 2.41 bits per heavy atom. The van der Waals surface area contributed by atoms with Crippen LogP contribution in [0.15, 0.2) is 42.5 Å². The molecule has 1 saturated carbocycles. The fraction of sp³-hybridized carbons (Fsp3) is 0.560. The lowest BCUT2D eigenvalue weighted by atomic mass is 10.1. The lowest BCUT2D eigenvalue weighted by Crippen LogP contribution is -2.50. The summed E-state index contributed by atoms with van der Waals surface area (Å²) in [5.41, 5.74) is 1.27. The molecule has 2 aromatic rings. The summed E-state index contributed by atoms with van der Waals surface area (Å²) in [6.07, 6.45) is 5.71. The molecule has 0 spiro atoms. The largest absolute Gasteiger partial charge is 0.335 e. The van der Waals surface area contributed by atoms with Crippen LogP contribution in [0.3, 0.4) is 0 Å². The molecule has 0 unspecified atom stereocenters. The molecule has 2 heterocycles. The molecule has 1 aromatic carbocycles. The standard InChI is InChI=1S/C25H34N2O3S2/c1-20-11-12-24(31-20)17-26(15-13-21-7-3-2-4-8-21)18-25(28)27(22-9-5-6-10-22)23-14-16-32(29,30)19-23/h2-4,7-8,11-12,22-23H,5-6,9-10,13-19H2,1H3/t23-/m1/s1. The minimum Gasteiger partial charge on any atom is -0.335 e. The summed E-state index contributed by atoms with van der Waals surface area (Å²) in [5, 5.41) is 0. The first-order valence-electron chi connectivity index (χ1n) is 11.7. The Bertz CT molecular complexity index is 997. The highest BCUT2D eigenvalue weighted by Crippen LogP contribution is 2.29. The number of amides is 1. The molecule has 2 aliphatic rings. The van der Waals surface area contributed by atoms with Crippen molar-refractivity contribution in [3.8, 4) is 0 Å². The van der Waals surface area contributed by atoms with Gasteiger partial charge in [-0.05, 0) is 50.3 Å². The van der Waals surface area contributed by atoms with E-state index in [1.54, 1.807) is 11.3 Å². The lowest BCUT2D eigenvalue weighted by Gasteiger charge is -2.36. The predicted molar refractivity (Wildman–Crippen MR) is 131 cm³/mol. The lowest BCUT2D eigenvalue weighted by molar-refractivity contribution is -0.137. The number of nitrogens with zero attached hydrogens (tertiary/aromatic N) is 2. The Balaban J connectivity index is 1.49. The fourth-order valence-corrected chi connectivity index (χ4v) is 7.74. The SMILES string of the molecule is Cc1ccc(CN(CCc2ccccc2)CC(=O)N(C2CCCC2)[C@@H]2CCS(=O)(=O)C2)s1. The molecule has 1 aliphatic heterocycles. The van der Waals surface area contributed by atoms with Crippen molar-refractivity contribution in [3.05, 3.63) is 57.8 Å². The topological polar surface area (TPSA) is 57.7 Å². The van der Waals surface area contributed by atoms with Crippen LogP contribution in [-0.2, 0) is 27.6 Å². The van der Waals surface area contributed by atoms with Gasteiger partial charge in [-0.2, -0.15) is 0 Å². The van der Waals surface area contributed by atoms with E-state index >= 15 is 0 Å². The predicted octanol–water partition coefficient (Wildman–Crippen LogP) is 4.06. The summed E-state index contributed by atoms with van der Waals surface area (Å²) in [7, 11) is -3.03. The van der Waals surface area contributed by atoms with E-state index in [1.807, 2.05) is 11.0 Å². The van der Waals surface area contributed by atoms with Gasteiger partial charge >= 0.3 is 0 Å². The first kappa shape index (κ1) is 23.5. The number of thiophene rings is 1. The zero-order valence-corrected chi connectivity index (χ0v) is 20.5. The number of carbonyl (C=O) groups is 1. The number of hydrogen-bond donors (Lipinski definition) is 0. The normalized spacial score (nSPS) is 20.8. The summed E-state index contributed by atoms with van der Waals surface area (Å²) in [4.78, 5) is 20.4. The summed E-state index contributed by atoms with van der Waals surface area (Å²) in [6.45, 7) is 4.00. The number of aryl methyl sites for hydroxylation is 1. The van der Waals surface area contributed by atoms with Crippen molar-refractivity contribution in [1.82, 2.24) is 9.80 Å². The van der Waals surface area contributed by atoms with Crippen LogP contribution in [0.4, 0.5) is 0 Å². The Labute approximate surface area is 196 Å². The van der Waals surface area contributed by atoms with Crippen LogP contribution in [-0.4, -0.2) is 60.8 Å². The van der Waals surface area contributed by atoms with E-state index in [1.165, 1.54) is 15.3 Å². The Hall–Kier alpha value is -1.70. The molecule has 32 heavy (non-hydrogen) atoms. The second kappa shape index (κ2) is 10.5. The molecule has 4 rings (SSSR count). The van der Waals surface area contributed by atoms with Gasteiger partial charge in [0, 0.05) is 34.9 Å². The molecule has 0 bridgehead atoms. The second-order valence-electron chi connectivity index (χ2n) is 9.25. The first-order valence-corrected chi connectivity index (χ1v) is 14.4. The van der Waals surface area contributed by atoms with E-state index in [0.29, 0.717) is 13.0 Å². The smallest absolute Gasteiger partial charge is 0.237 e. The van der Waals surface area contributed by atoms with Crippen LogP contribution < -0.4 is 0 Å². The molecule has 1 saturated heterocycles. The third-order valence-corrected chi connectivity index (χ3v) is 9.44. The van der Waals surface area contributed by atoms with Crippen molar-refractivity contribution in [2.75, 3.05) is 24.6 Å². The molecule has 1 aromatic heterocycles. The number of benzene rings is 1. The third kappa shape index (κ3) is 6.21. The molecule has 1 atom stereocenters. The highest BCUT2D eigenvalue weighted by atomic mass is 32.2. The maximum Gasteiger partial charge on any atom is 0.237 e. The quantitative estimate of drug-likeness (QED) is 0.550. The van der Waals surface area contributed by atoms with Crippen molar-refractivity contribution in [3.63, 3.8) is 0 Å². The van der Waals surface area contributed by atoms with Gasteiger partial charge in [-0.1, -0.05) is 43.2 Å². The van der Waals surface area contributed by atoms with E-state index in [2.05, 4.69) is 48.2 Å². The molecular formula is C25H34N2O3S2. The van der Waals surface area contributed by atoms with E-state index in [0.717, 1.165) is 45.2 Å². The van der Waals surface area contributed by atoms with E-state index in [9.17, 15) is 13.2 Å². The first-order chi connectivity index (χ1) is 15.4. The maximum absolute atomic E-state index is 13.6. The van der Waals surface area contributed by atoms with Crippen LogP contribution in [0.2, 0.25) is 0 Å². The fourth-order valence-electron chi connectivity index (χ4n) is 5.09. The maximum atomic E-state index is 13.6. The van der Waals surface area contributed by atoms with Crippen molar-refractivity contribution >= 4 is 27.1 Å². The number of rotatable bonds is 9. The number of sulfone groups is 1. The Morgan fingerprint density at radius 1 is 1.03 bits per heavy atom. The molecular weight excluding hydrogens is 440 g/mol. The van der Waals surface area contributed by atoms with E-state index < -0.39 is 9.84 Å². The summed E-state index contributed by atoms with van der Waals surface area (Å²) in [6, 6.07) is 14.7. The Morgan fingerprint density at radius 2 is 1.78 bits per heavy atom. The van der Waals surface area contributed by atoms with E-state index in [-0.39, 0.29) is 29.5 Å². The average molecular weight is 475 g/mol. The van der Waals surface area contributed by atoms with Gasteiger partial charge in [-0.25, -0.2) is 8.42 Å². The molecule has 0 radical (unpaired) electrons. The van der Waals surface area contributed by atoms with Crippen LogP contribution in [0, 0.1) is 6.92 Å². The van der Waals surface area contributed by atoms with Gasteiger partial charge in [0.2, 0.25) is 5.91 Å². The van der Waals surface area contributed by atoms with Crippen LogP contribution in [0.5, 0.6) is 0 Å². The van der Waals surface area contributed by atoms with Crippen LogP contribution in [0.1, 0.15) is 47.4 Å². The molecule has 2 fully saturated rings. The van der Waals surface area contributed by atoms with Crippen molar-refractivity contribution in [2.45, 2.75) is 64.1 Å². The molecule has 5 nitrogen and oxygen atoms in total. The summed E-state index contributed by atoms with van der Waals surface area (Å²) >= 11 is 1.78. The van der Waals surface area contributed by atoms with Crippen LogP contribution >= 0.6 is 11.3 Å². The van der Waals surface area contributed by atoms with Gasteiger partial charge in [-0.15, -0.1) is 11.3 Å². The zero-order valence-electron chi connectivity index (χ0n) is 18.9. The van der Waals surface area contributed by atoms with Crippen molar-refractivity contribution in [2.24, 2.45) is 0 Å². The van der Waals surface area contributed by atoms with Gasteiger partial charge in [-0.3, -0.25) is 9.69 Å². The molecule has 0 N–H and O–H groups in total. The second-order valence-corrected chi connectivity index (χ2v) is 12.9. The van der Waals surface area contributed by atoms with Crippen LogP contribution in [0.25, 0.3) is 0 Å². The number of hydrogen-bond acceptors (Lipinski definition) is 5. The summed E-state index contributed by atoms with van der Waals surface area (Å²) in [5.74, 6) is 0.435. The Kier molecular flexibility index (Phi) is 7.69. The number of carbonyl (C=O) groups excluding carboxylic acids is 1. The summed E-state index contributed by atoms with van der Waals surface area (Å²) < 4.78 is 24.3. The molecule has 174 valence electrons.